The van der Waals surface area contributed by atoms with Crippen LogP contribution in [0.25, 0.3) is 0 Å². The number of benzene rings is 1. The van der Waals surface area contributed by atoms with E-state index in [0.717, 1.165) is 0 Å². The fourth-order valence-electron chi connectivity index (χ4n) is 1.64. The summed E-state index contributed by atoms with van der Waals surface area (Å²) < 4.78 is 15.0. The zero-order valence-electron chi connectivity index (χ0n) is 12.3. The summed E-state index contributed by atoms with van der Waals surface area (Å²) in [6, 6.07) is 6.39. The van der Waals surface area contributed by atoms with Crippen LogP contribution in [-0.4, -0.2) is 40.3 Å². The Morgan fingerprint density at radius 3 is 2.87 bits per heavy atom. The Balaban J connectivity index is 1.78. The molecule has 2 N–H and O–H groups in total. The van der Waals surface area contributed by atoms with E-state index in [1.54, 1.807) is 25.1 Å². The van der Waals surface area contributed by atoms with Gasteiger partial charge in [0.05, 0.1) is 0 Å². The molecule has 0 aliphatic heterocycles. The van der Waals surface area contributed by atoms with Crippen LogP contribution in [0.1, 0.15) is 11.7 Å². The fourth-order valence-corrected chi connectivity index (χ4v) is 1.64. The summed E-state index contributed by atoms with van der Waals surface area (Å²) in [6.07, 6.45) is 0. The topological polar surface area (TPSA) is 124 Å². The number of carbonyl (C=O) groups excluding carboxylic acids is 1. The Kier molecular flexibility index (Phi) is 5.64. The zero-order valence-corrected chi connectivity index (χ0v) is 12.3. The van der Waals surface area contributed by atoms with Crippen LogP contribution < -0.4 is 10.1 Å². The molecule has 0 spiro atoms. The summed E-state index contributed by atoms with van der Waals surface area (Å²) in [6.45, 7) is 1.07. The summed E-state index contributed by atoms with van der Waals surface area (Å²) in [5, 5.41) is 14.8. The molecule has 2 rings (SSSR count). The van der Waals surface area contributed by atoms with Gasteiger partial charge in [-0.3, -0.25) is 4.79 Å². The molecule has 0 bridgehead atoms. The second-order valence-corrected chi connectivity index (χ2v) is 4.49. The van der Waals surface area contributed by atoms with Crippen LogP contribution in [0.3, 0.4) is 0 Å². The number of amides is 1. The summed E-state index contributed by atoms with van der Waals surface area (Å²) in [7, 11) is 0. The number of aromatic nitrogens is 2. The third-order valence-electron chi connectivity index (χ3n) is 2.51. The van der Waals surface area contributed by atoms with Crippen LogP contribution >= 0.6 is 0 Å². The third-order valence-corrected chi connectivity index (χ3v) is 2.51. The van der Waals surface area contributed by atoms with Crippen LogP contribution in [-0.2, 0) is 20.9 Å². The van der Waals surface area contributed by atoms with E-state index >= 15 is 0 Å². The highest BCUT2D eigenvalue weighted by Crippen LogP contribution is 2.17. The maximum atomic E-state index is 11.7. The molecular weight excluding hydrogens is 306 g/mol. The first-order chi connectivity index (χ1) is 11.0. The van der Waals surface area contributed by atoms with E-state index in [0.29, 0.717) is 23.2 Å². The minimum Gasteiger partial charge on any atom is -0.482 e. The van der Waals surface area contributed by atoms with E-state index in [9.17, 15) is 9.59 Å². The van der Waals surface area contributed by atoms with E-state index in [1.165, 1.54) is 6.07 Å². The van der Waals surface area contributed by atoms with Crippen molar-refractivity contribution in [2.75, 3.05) is 18.5 Å². The average Bonchev–Trinajstić information content (AvgIpc) is 2.91. The molecule has 1 amide bonds. The van der Waals surface area contributed by atoms with Crippen molar-refractivity contribution in [3.63, 3.8) is 0 Å². The van der Waals surface area contributed by atoms with Crippen molar-refractivity contribution in [1.82, 2.24) is 10.1 Å². The molecule has 0 saturated heterocycles. The summed E-state index contributed by atoms with van der Waals surface area (Å²) in [4.78, 5) is 26.1. The van der Waals surface area contributed by atoms with E-state index in [2.05, 4.69) is 15.5 Å². The Bertz CT molecular complexity index is 685. The highest BCUT2D eigenvalue weighted by Gasteiger charge is 2.07. The van der Waals surface area contributed by atoms with Crippen molar-refractivity contribution < 1.29 is 28.7 Å². The number of hydrogen-bond acceptors (Lipinski definition) is 7. The lowest BCUT2D eigenvalue weighted by Crippen LogP contribution is -2.18. The number of carbonyl (C=O) groups is 2. The average molecular weight is 321 g/mol. The lowest BCUT2D eigenvalue weighted by molar-refractivity contribution is -0.139. The number of nitrogens with zero attached hydrogens (tertiary/aromatic N) is 2. The van der Waals surface area contributed by atoms with Crippen molar-refractivity contribution in [2.45, 2.75) is 13.5 Å². The van der Waals surface area contributed by atoms with Crippen LogP contribution in [0.15, 0.2) is 28.8 Å². The summed E-state index contributed by atoms with van der Waals surface area (Å²) in [5.41, 5.74) is 0.468. The molecule has 0 radical (unpaired) electrons. The van der Waals surface area contributed by atoms with Gasteiger partial charge in [0, 0.05) is 11.8 Å². The number of rotatable bonds is 8. The monoisotopic (exact) mass is 321 g/mol. The smallest absolute Gasteiger partial charge is 0.341 e. The molecule has 0 saturated carbocycles. The van der Waals surface area contributed by atoms with Gasteiger partial charge < -0.3 is 24.4 Å². The summed E-state index contributed by atoms with van der Waals surface area (Å²) in [5.74, 6) is -0.334. The molecule has 2 aromatic rings. The summed E-state index contributed by atoms with van der Waals surface area (Å²) >= 11 is 0. The molecule has 9 heteroatoms. The molecule has 0 aliphatic rings. The van der Waals surface area contributed by atoms with Crippen molar-refractivity contribution in [2.24, 2.45) is 0 Å². The molecule has 1 aromatic carbocycles. The number of ether oxygens (including phenoxy) is 2. The molecular formula is C14H15N3O6. The Labute approximate surface area is 131 Å². The molecule has 0 aliphatic carbocycles. The first-order valence-corrected chi connectivity index (χ1v) is 6.64. The maximum Gasteiger partial charge on any atom is 0.341 e. The number of carboxylic acid groups (broad SMARTS) is 1. The van der Waals surface area contributed by atoms with E-state index in [1.807, 2.05) is 0 Å². The van der Waals surface area contributed by atoms with Gasteiger partial charge in [0.15, 0.2) is 12.4 Å². The van der Waals surface area contributed by atoms with Gasteiger partial charge in [0.25, 0.3) is 5.89 Å². The van der Waals surface area contributed by atoms with Gasteiger partial charge in [-0.1, -0.05) is 11.2 Å². The molecule has 23 heavy (non-hydrogen) atoms. The third kappa shape index (κ3) is 5.75. The number of hydrogen-bond donors (Lipinski definition) is 2. The second-order valence-electron chi connectivity index (χ2n) is 4.49. The SMILES string of the molecule is Cc1noc(COCC(=O)Nc2cccc(OCC(=O)O)c2)n1. The minimum absolute atomic E-state index is 0.0377. The first-order valence-electron chi connectivity index (χ1n) is 6.64. The van der Waals surface area contributed by atoms with Crippen LogP contribution in [0.2, 0.25) is 0 Å². The van der Waals surface area contributed by atoms with Crippen molar-refractivity contribution in [3.8, 4) is 5.75 Å². The van der Waals surface area contributed by atoms with Gasteiger partial charge in [-0.2, -0.15) is 4.98 Å². The van der Waals surface area contributed by atoms with Crippen molar-refractivity contribution in [3.05, 3.63) is 36.0 Å². The number of carboxylic acids is 1. The molecule has 9 nitrogen and oxygen atoms in total. The van der Waals surface area contributed by atoms with Crippen LogP contribution in [0.5, 0.6) is 5.75 Å². The van der Waals surface area contributed by atoms with Gasteiger partial charge >= 0.3 is 5.97 Å². The lowest BCUT2D eigenvalue weighted by Gasteiger charge is -2.08. The predicted molar refractivity (Wildman–Crippen MR) is 76.9 cm³/mol. The minimum atomic E-state index is -1.08. The van der Waals surface area contributed by atoms with E-state index in [4.69, 9.17) is 19.1 Å². The largest absolute Gasteiger partial charge is 0.482 e. The molecule has 0 unspecified atom stereocenters. The van der Waals surface area contributed by atoms with E-state index in [-0.39, 0.29) is 19.1 Å². The second kappa shape index (κ2) is 7.90. The molecule has 0 atom stereocenters. The Hall–Kier alpha value is -2.94. The fraction of sp³-hybridized carbons (Fsp3) is 0.286. The van der Waals surface area contributed by atoms with Crippen molar-refractivity contribution in [1.29, 1.82) is 0 Å². The Morgan fingerprint density at radius 1 is 1.35 bits per heavy atom. The predicted octanol–water partition coefficient (Wildman–Crippen LogP) is 0.997. The highest BCUT2D eigenvalue weighted by molar-refractivity contribution is 5.91. The first kappa shape index (κ1) is 16.4. The van der Waals surface area contributed by atoms with Crippen LogP contribution in [0, 0.1) is 6.92 Å². The number of aryl methyl sites for hydroxylation is 1. The number of nitrogens with one attached hydrogen (secondary N) is 1. The highest BCUT2D eigenvalue weighted by atomic mass is 16.5. The molecule has 1 aromatic heterocycles. The van der Waals surface area contributed by atoms with Crippen LogP contribution in [0.4, 0.5) is 5.69 Å². The zero-order chi connectivity index (χ0) is 16.7. The quantitative estimate of drug-likeness (QED) is 0.738. The number of anilines is 1. The van der Waals surface area contributed by atoms with Gasteiger partial charge in [-0.15, -0.1) is 0 Å². The standard InChI is InChI=1S/C14H15N3O6/c1-9-15-13(23-17-9)7-21-6-12(18)16-10-3-2-4-11(5-10)22-8-14(19)20/h2-5H,6-8H2,1H3,(H,16,18)(H,19,20). The van der Waals surface area contributed by atoms with E-state index < -0.39 is 12.6 Å². The normalized spacial score (nSPS) is 10.3. The molecule has 0 fully saturated rings. The lowest BCUT2D eigenvalue weighted by atomic mass is 10.3. The van der Waals surface area contributed by atoms with Gasteiger partial charge in [-0.05, 0) is 19.1 Å². The Morgan fingerprint density at radius 2 is 2.17 bits per heavy atom. The van der Waals surface area contributed by atoms with Gasteiger partial charge in [0.2, 0.25) is 5.91 Å². The molecule has 1 heterocycles. The van der Waals surface area contributed by atoms with Gasteiger partial charge in [-0.25, -0.2) is 4.79 Å². The van der Waals surface area contributed by atoms with Crippen molar-refractivity contribution >= 4 is 17.6 Å². The number of aliphatic carboxylic acids is 1. The molecule has 122 valence electrons. The van der Waals surface area contributed by atoms with Gasteiger partial charge in [0.1, 0.15) is 19.0 Å². The maximum absolute atomic E-state index is 11.7.